The topological polar surface area (TPSA) is 91.3 Å². The Morgan fingerprint density at radius 3 is 2.38 bits per heavy atom. The predicted molar refractivity (Wildman–Crippen MR) is 78.7 cm³/mol. The minimum absolute atomic E-state index is 0.0279. The molecular weight excluding hydrogens is 294 g/mol. The van der Waals surface area contributed by atoms with Crippen LogP contribution >= 0.6 is 11.6 Å². The quantitative estimate of drug-likeness (QED) is 0.747. The summed E-state index contributed by atoms with van der Waals surface area (Å²) in [4.78, 5) is 26.7. The Labute approximate surface area is 127 Å². The molecule has 3 N–H and O–H groups in total. The first-order chi connectivity index (χ1) is 9.95. The fourth-order valence-electron chi connectivity index (χ4n) is 2.53. The Balaban J connectivity index is 1.90. The van der Waals surface area contributed by atoms with Crippen molar-refractivity contribution in [2.24, 2.45) is 0 Å². The van der Waals surface area contributed by atoms with Crippen molar-refractivity contribution in [2.75, 3.05) is 0 Å². The maximum atomic E-state index is 12.2. The minimum atomic E-state index is -1.000. The number of carbonyl (C=O) groups excluding carboxylic acids is 1. The summed E-state index contributed by atoms with van der Waals surface area (Å²) >= 11 is 5.94. The Kier molecular flexibility index (Phi) is 5.01. The standard InChI is InChI=1S/C14H18ClN3O3/c1-8-6-11(12(15)16-7-8)13(19)17-9-2-4-10(5-3-9)18-14(20)21/h6-7,9-10,18H,2-5H2,1H3,(H,17,19)(H,20,21). The monoisotopic (exact) mass is 311 g/mol. The fraction of sp³-hybridized carbons (Fsp3) is 0.500. The molecule has 2 rings (SSSR count). The molecule has 21 heavy (non-hydrogen) atoms. The smallest absolute Gasteiger partial charge is 0.404 e. The molecule has 0 aromatic carbocycles. The molecule has 1 aromatic heterocycles. The van der Waals surface area contributed by atoms with Crippen LogP contribution in [0.5, 0.6) is 0 Å². The number of hydrogen-bond acceptors (Lipinski definition) is 3. The van der Waals surface area contributed by atoms with Crippen molar-refractivity contribution in [3.63, 3.8) is 0 Å². The number of halogens is 1. The second kappa shape index (κ2) is 6.76. The molecule has 1 fully saturated rings. The molecule has 2 amide bonds. The zero-order valence-corrected chi connectivity index (χ0v) is 12.5. The van der Waals surface area contributed by atoms with Crippen molar-refractivity contribution < 1.29 is 14.7 Å². The van der Waals surface area contributed by atoms with Crippen molar-refractivity contribution in [1.82, 2.24) is 15.6 Å². The second-order valence-electron chi connectivity index (χ2n) is 5.32. The van der Waals surface area contributed by atoms with Gasteiger partial charge >= 0.3 is 6.09 Å². The van der Waals surface area contributed by atoms with Crippen LogP contribution in [0.2, 0.25) is 5.15 Å². The average Bonchev–Trinajstić information content (AvgIpc) is 2.43. The van der Waals surface area contributed by atoms with Crippen LogP contribution in [0, 0.1) is 6.92 Å². The van der Waals surface area contributed by atoms with E-state index in [1.54, 1.807) is 12.3 Å². The number of nitrogens with one attached hydrogen (secondary N) is 2. The summed E-state index contributed by atoms with van der Waals surface area (Å²) in [5.74, 6) is -0.231. The number of rotatable bonds is 3. The number of carboxylic acid groups (broad SMARTS) is 1. The number of nitrogens with zero attached hydrogens (tertiary/aromatic N) is 1. The molecule has 1 heterocycles. The van der Waals surface area contributed by atoms with Gasteiger partial charge in [0.1, 0.15) is 5.15 Å². The van der Waals surface area contributed by atoms with Gasteiger partial charge in [0, 0.05) is 18.3 Å². The van der Waals surface area contributed by atoms with E-state index in [2.05, 4.69) is 15.6 Å². The van der Waals surface area contributed by atoms with E-state index in [0.29, 0.717) is 5.56 Å². The number of aromatic nitrogens is 1. The first-order valence-corrected chi connectivity index (χ1v) is 7.26. The van der Waals surface area contributed by atoms with Crippen molar-refractivity contribution >= 4 is 23.6 Å². The molecule has 0 spiro atoms. The highest BCUT2D eigenvalue weighted by atomic mass is 35.5. The molecule has 0 radical (unpaired) electrons. The van der Waals surface area contributed by atoms with E-state index in [9.17, 15) is 9.59 Å². The third kappa shape index (κ3) is 4.32. The predicted octanol–water partition coefficient (Wildman–Crippen LogP) is 2.35. The third-order valence-electron chi connectivity index (χ3n) is 3.61. The van der Waals surface area contributed by atoms with Gasteiger partial charge in [-0.2, -0.15) is 0 Å². The lowest BCUT2D eigenvalue weighted by molar-refractivity contribution is 0.0923. The number of aryl methyl sites for hydroxylation is 1. The maximum Gasteiger partial charge on any atom is 0.404 e. The number of carbonyl (C=O) groups is 2. The summed E-state index contributed by atoms with van der Waals surface area (Å²) in [5.41, 5.74) is 1.25. The van der Waals surface area contributed by atoms with Gasteiger partial charge in [0.05, 0.1) is 5.56 Å². The third-order valence-corrected chi connectivity index (χ3v) is 3.91. The van der Waals surface area contributed by atoms with Crippen LogP contribution in [-0.4, -0.2) is 34.2 Å². The molecule has 0 unspecified atom stereocenters. The largest absolute Gasteiger partial charge is 0.465 e. The van der Waals surface area contributed by atoms with Crippen LogP contribution in [0.15, 0.2) is 12.3 Å². The lowest BCUT2D eigenvalue weighted by Gasteiger charge is -2.29. The zero-order valence-electron chi connectivity index (χ0n) is 11.7. The van der Waals surface area contributed by atoms with Crippen LogP contribution in [0.25, 0.3) is 0 Å². The van der Waals surface area contributed by atoms with Gasteiger partial charge in [-0.3, -0.25) is 4.79 Å². The molecule has 0 saturated heterocycles. The molecule has 1 aromatic rings. The first-order valence-electron chi connectivity index (χ1n) is 6.88. The maximum absolute atomic E-state index is 12.2. The van der Waals surface area contributed by atoms with Crippen molar-refractivity contribution in [2.45, 2.75) is 44.7 Å². The van der Waals surface area contributed by atoms with Gasteiger partial charge in [-0.25, -0.2) is 9.78 Å². The Morgan fingerprint density at radius 2 is 1.81 bits per heavy atom. The zero-order chi connectivity index (χ0) is 15.4. The van der Waals surface area contributed by atoms with Gasteiger partial charge in [0.2, 0.25) is 0 Å². The minimum Gasteiger partial charge on any atom is -0.465 e. The molecule has 7 heteroatoms. The summed E-state index contributed by atoms with van der Waals surface area (Å²) in [5, 5.41) is 14.3. The summed E-state index contributed by atoms with van der Waals surface area (Å²) in [6.07, 6.45) is 3.54. The number of pyridine rings is 1. The average molecular weight is 312 g/mol. The Morgan fingerprint density at radius 1 is 1.24 bits per heavy atom. The molecule has 1 aliphatic carbocycles. The summed E-state index contributed by atoms with van der Waals surface area (Å²) in [7, 11) is 0. The highest BCUT2D eigenvalue weighted by molar-refractivity contribution is 6.32. The van der Waals surface area contributed by atoms with Gasteiger partial charge in [0.15, 0.2) is 0 Å². The molecule has 1 aliphatic rings. The van der Waals surface area contributed by atoms with E-state index in [4.69, 9.17) is 16.7 Å². The highest BCUT2D eigenvalue weighted by Gasteiger charge is 2.24. The molecule has 6 nitrogen and oxygen atoms in total. The van der Waals surface area contributed by atoms with E-state index >= 15 is 0 Å². The van der Waals surface area contributed by atoms with Gasteiger partial charge in [0.25, 0.3) is 5.91 Å². The molecule has 0 aliphatic heterocycles. The normalized spacial score (nSPS) is 21.6. The van der Waals surface area contributed by atoms with Gasteiger partial charge < -0.3 is 15.7 Å². The van der Waals surface area contributed by atoms with Crippen LogP contribution in [0.4, 0.5) is 4.79 Å². The molecule has 0 atom stereocenters. The van der Waals surface area contributed by atoms with Crippen LogP contribution in [-0.2, 0) is 0 Å². The first kappa shape index (κ1) is 15.6. The van der Waals surface area contributed by atoms with Crippen LogP contribution < -0.4 is 10.6 Å². The van der Waals surface area contributed by atoms with Gasteiger partial charge in [-0.1, -0.05) is 11.6 Å². The fourth-order valence-corrected chi connectivity index (χ4v) is 2.72. The molecular formula is C14H18ClN3O3. The highest BCUT2D eigenvalue weighted by Crippen LogP contribution is 2.20. The second-order valence-corrected chi connectivity index (χ2v) is 5.68. The Bertz CT molecular complexity index is 542. The molecule has 1 saturated carbocycles. The van der Waals surface area contributed by atoms with E-state index in [-0.39, 0.29) is 23.1 Å². The summed E-state index contributed by atoms with van der Waals surface area (Å²) in [6, 6.07) is 1.73. The molecule has 0 bridgehead atoms. The summed E-state index contributed by atoms with van der Waals surface area (Å²) < 4.78 is 0. The van der Waals surface area contributed by atoms with E-state index < -0.39 is 6.09 Å². The van der Waals surface area contributed by atoms with E-state index in [1.165, 1.54) is 0 Å². The van der Waals surface area contributed by atoms with Crippen molar-refractivity contribution in [1.29, 1.82) is 0 Å². The SMILES string of the molecule is Cc1cnc(Cl)c(C(=O)NC2CCC(NC(=O)O)CC2)c1. The summed E-state index contributed by atoms with van der Waals surface area (Å²) in [6.45, 7) is 1.85. The van der Waals surface area contributed by atoms with Crippen molar-refractivity contribution in [3.8, 4) is 0 Å². The van der Waals surface area contributed by atoms with Gasteiger partial charge in [-0.15, -0.1) is 0 Å². The van der Waals surface area contributed by atoms with Crippen LogP contribution in [0.3, 0.4) is 0 Å². The Hall–Kier alpha value is -1.82. The number of amides is 2. The van der Waals surface area contributed by atoms with Crippen LogP contribution in [0.1, 0.15) is 41.6 Å². The number of hydrogen-bond donors (Lipinski definition) is 3. The van der Waals surface area contributed by atoms with E-state index in [0.717, 1.165) is 31.2 Å². The lowest BCUT2D eigenvalue weighted by atomic mass is 9.91. The lowest BCUT2D eigenvalue weighted by Crippen LogP contribution is -2.43. The van der Waals surface area contributed by atoms with E-state index in [1.807, 2.05) is 6.92 Å². The molecule has 114 valence electrons. The van der Waals surface area contributed by atoms with Crippen molar-refractivity contribution in [3.05, 3.63) is 28.5 Å². The van der Waals surface area contributed by atoms with Gasteiger partial charge in [-0.05, 0) is 44.2 Å².